The first-order chi connectivity index (χ1) is 8.64. The Labute approximate surface area is 119 Å². The molecule has 0 aliphatic heterocycles. The Morgan fingerprint density at radius 1 is 0.947 bits per heavy atom. The molecule has 0 aliphatic rings. The third kappa shape index (κ3) is 5.03. The van der Waals surface area contributed by atoms with E-state index in [1.807, 2.05) is 12.1 Å². The lowest BCUT2D eigenvalue weighted by molar-refractivity contribution is 0.415. The molecule has 0 unspecified atom stereocenters. The highest BCUT2D eigenvalue weighted by Crippen LogP contribution is 2.58. The van der Waals surface area contributed by atoms with Gasteiger partial charge in [-0.15, -0.1) is 0 Å². The molecule has 0 heterocycles. The van der Waals surface area contributed by atoms with Gasteiger partial charge in [-0.05, 0) is 34.6 Å². The fraction of sp³-hybridized carbons (Fsp3) is 0.625. The van der Waals surface area contributed by atoms with E-state index in [4.69, 9.17) is 4.74 Å². The summed E-state index contributed by atoms with van der Waals surface area (Å²) in [5.41, 5.74) is 1.17. The number of nitrogens with one attached hydrogen (secondary N) is 1. The van der Waals surface area contributed by atoms with Crippen LogP contribution in [0.4, 0.5) is 5.69 Å². The molecule has 1 N–H and O–H groups in total. The third-order valence-corrected chi connectivity index (χ3v) is 6.86. The quantitative estimate of drug-likeness (QED) is 0.771. The topological polar surface area (TPSA) is 21.3 Å². The van der Waals surface area contributed by atoms with E-state index >= 15 is 0 Å². The largest absolute Gasteiger partial charge is 0.497 e. The van der Waals surface area contributed by atoms with Gasteiger partial charge in [0.15, 0.2) is 0 Å². The predicted octanol–water partition coefficient (Wildman–Crippen LogP) is 5.14. The van der Waals surface area contributed by atoms with Gasteiger partial charge < -0.3 is 10.1 Å². The van der Waals surface area contributed by atoms with E-state index in [1.165, 1.54) is 5.69 Å². The van der Waals surface area contributed by atoms with Crippen LogP contribution in [-0.4, -0.2) is 23.7 Å². The molecule has 0 saturated carbocycles. The molecule has 0 bridgehead atoms. The van der Waals surface area contributed by atoms with Gasteiger partial charge in [-0.3, -0.25) is 0 Å². The van der Waals surface area contributed by atoms with Crippen LogP contribution in [0.15, 0.2) is 24.3 Å². The summed E-state index contributed by atoms with van der Waals surface area (Å²) in [6.07, 6.45) is 1.05. The lowest BCUT2D eigenvalue weighted by Crippen LogP contribution is -2.28. The maximum Gasteiger partial charge on any atom is 0.119 e. The molecule has 3 heteroatoms. The summed E-state index contributed by atoms with van der Waals surface area (Å²) >= 11 is 0. The molecular formula is C16H28NOP. The molecule has 0 saturated heterocycles. The molecule has 19 heavy (non-hydrogen) atoms. The van der Waals surface area contributed by atoms with E-state index < -0.39 is 0 Å². The minimum Gasteiger partial charge on any atom is -0.497 e. The van der Waals surface area contributed by atoms with Crippen LogP contribution < -0.4 is 10.1 Å². The van der Waals surface area contributed by atoms with Crippen molar-refractivity contribution in [3.63, 3.8) is 0 Å². The normalized spacial score (nSPS) is 12.6. The summed E-state index contributed by atoms with van der Waals surface area (Å²) in [6.45, 7) is 14.1. The van der Waals surface area contributed by atoms with E-state index in [1.54, 1.807) is 7.11 Å². The number of benzene rings is 1. The zero-order valence-electron chi connectivity index (χ0n) is 13.4. The molecule has 1 aromatic carbocycles. The van der Waals surface area contributed by atoms with Gasteiger partial charge in [-0.1, -0.05) is 49.5 Å². The Morgan fingerprint density at radius 2 is 1.42 bits per heavy atom. The van der Waals surface area contributed by atoms with Crippen LogP contribution in [0.5, 0.6) is 5.75 Å². The summed E-state index contributed by atoms with van der Waals surface area (Å²) < 4.78 is 5.18. The van der Waals surface area contributed by atoms with Gasteiger partial charge >= 0.3 is 0 Å². The second-order valence-corrected chi connectivity index (χ2v) is 10.7. The zero-order valence-corrected chi connectivity index (χ0v) is 14.3. The number of methoxy groups -OCH3 is 1. The zero-order chi connectivity index (χ0) is 14.7. The summed E-state index contributed by atoms with van der Waals surface area (Å²) in [7, 11) is 1.58. The van der Waals surface area contributed by atoms with Gasteiger partial charge in [-0.2, -0.15) is 0 Å². The Hall–Kier alpha value is -0.750. The number of ether oxygens (including phenoxy) is 1. The average molecular weight is 281 g/mol. The minimum atomic E-state index is -0.120. The van der Waals surface area contributed by atoms with Crippen molar-refractivity contribution in [1.29, 1.82) is 0 Å². The van der Waals surface area contributed by atoms with Gasteiger partial charge in [0, 0.05) is 12.0 Å². The van der Waals surface area contributed by atoms with Gasteiger partial charge in [0.25, 0.3) is 0 Å². The molecule has 1 aromatic rings. The van der Waals surface area contributed by atoms with Crippen molar-refractivity contribution in [3.8, 4) is 5.75 Å². The lowest BCUT2D eigenvalue weighted by atomic mass is 10.2. The molecule has 2 nitrogen and oxygen atoms in total. The number of hydrogen-bond acceptors (Lipinski definition) is 2. The van der Waals surface area contributed by atoms with Crippen molar-refractivity contribution >= 4 is 13.6 Å². The lowest BCUT2D eigenvalue weighted by Gasteiger charge is -2.41. The minimum absolute atomic E-state index is 0.120. The SMILES string of the molecule is COc1ccc(NCP(C(C)(C)C)C(C)(C)C)cc1. The molecule has 0 fully saturated rings. The van der Waals surface area contributed by atoms with E-state index in [9.17, 15) is 0 Å². The average Bonchev–Trinajstić information content (AvgIpc) is 2.26. The summed E-state index contributed by atoms with van der Waals surface area (Å²) in [4.78, 5) is 0. The van der Waals surface area contributed by atoms with Crippen LogP contribution in [-0.2, 0) is 0 Å². The van der Waals surface area contributed by atoms with Gasteiger partial charge in [0.1, 0.15) is 5.75 Å². The highest BCUT2D eigenvalue weighted by atomic mass is 31.1. The standard InChI is InChI=1S/C16H28NOP/c1-15(2,3)19(16(4,5)6)12-17-13-8-10-14(18-7)11-9-13/h8-11,17H,12H2,1-7H3. The molecule has 0 aliphatic carbocycles. The van der Waals surface area contributed by atoms with Crippen molar-refractivity contribution in [2.24, 2.45) is 0 Å². The maximum absolute atomic E-state index is 5.18. The van der Waals surface area contributed by atoms with Crippen LogP contribution in [0.2, 0.25) is 0 Å². The van der Waals surface area contributed by atoms with Gasteiger partial charge in [0.05, 0.1) is 7.11 Å². The first kappa shape index (κ1) is 16.3. The Kier molecular flexibility index (Phi) is 5.26. The van der Waals surface area contributed by atoms with Crippen molar-refractivity contribution in [1.82, 2.24) is 0 Å². The fourth-order valence-corrected chi connectivity index (χ4v) is 5.66. The van der Waals surface area contributed by atoms with Gasteiger partial charge in [-0.25, -0.2) is 0 Å². The molecule has 0 aromatic heterocycles. The smallest absolute Gasteiger partial charge is 0.119 e. The van der Waals surface area contributed by atoms with E-state index in [-0.39, 0.29) is 7.92 Å². The molecular weight excluding hydrogens is 253 g/mol. The van der Waals surface area contributed by atoms with Crippen LogP contribution in [0.1, 0.15) is 41.5 Å². The molecule has 0 spiro atoms. The Morgan fingerprint density at radius 3 is 1.79 bits per heavy atom. The van der Waals surface area contributed by atoms with E-state index in [0.29, 0.717) is 10.3 Å². The molecule has 108 valence electrons. The van der Waals surface area contributed by atoms with Crippen LogP contribution in [0, 0.1) is 0 Å². The van der Waals surface area contributed by atoms with Crippen molar-refractivity contribution in [2.75, 3.05) is 18.7 Å². The van der Waals surface area contributed by atoms with Crippen molar-refractivity contribution < 1.29 is 4.74 Å². The van der Waals surface area contributed by atoms with Crippen molar-refractivity contribution in [2.45, 2.75) is 51.9 Å². The Bertz CT molecular complexity index is 373. The first-order valence-corrected chi connectivity index (χ1v) is 8.33. The van der Waals surface area contributed by atoms with Gasteiger partial charge in [0.2, 0.25) is 0 Å². The van der Waals surface area contributed by atoms with Crippen LogP contribution in [0.25, 0.3) is 0 Å². The molecule has 0 amide bonds. The molecule has 0 atom stereocenters. The highest BCUT2D eigenvalue weighted by molar-refractivity contribution is 7.60. The van der Waals surface area contributed by atoms with Crippen LogP contribution in [0.3, 0.4) is 0 Å². The summed E-state index contributed by atoms with van der Waals surface area (Å²) in [5.74, 6) is 0.902. The number of anilines is 1. The fourth-order valence-electron chi connectivity index (χ4n) is 2.36. The highest BCUT2D eigenvalue weighted by Gasteiger charge is 2.33. The monoisotopic (exact) mass is 281 g/mol. The maximum atomic E-state index is 5.18. The van der Waals surface area contributed by atoms with Crippen molar-refractivity contribution in [3.05, 3.63) is 24.3 Å². The van der Waals surface area contributed by atoms with E-state index in [2.05, 4.69) is 59.0 Å². The Balaban J connectivity index is 2.71. The summed E-state index contributed by atoms with van der Waals surface area (Å²) in [5, 5.41) is 4.29. The molecule has 0 radical (unpaired) electrons. The second kappa shape index (κ2) is 6.13. The second-order valence-electron chi connectivity index (χ2n) is 6.83. The van der Waals surface area contributed by atoms with Crippen LogP contribution >= 0.6 is 7.92 Å². The third-order valence-electron chi connectivity index (χ3n) is 3.15. The van der Waals surface area contributed by atoms with E-state index in [0.717, 1.165) is 12.0 Å². The number of rotatable bonds is 4. The number of hydrogen-bond donors (Lipinski definition) is 1. The summed E-state index contributed by atoms with van der Waals surface area (Å²) in [6, 6.07) is 8.16. The first-order valence-electron chi connectivity index (χ1n) is 6.80. The predicted molar refractivity (Wildman–Crippen MR) is 87.9 cm³/mol. The molecule has 1 rings (SSSR count).